The Labute approximate surface area is 149 Å². The first-order valence-corrected chi connectivity index (χ1v) is 8.13. The summed E-state index contributed by atoms with van der Waals surface area (Å²) in [5.41, 5.74) is 3.22. The van der Waals surface area contributed by atoms with Crippen LogP contribution in [0.1, 0.15) is 21.6 Å². The molecule has 2 aromatic carbocycles. The third kappa shape index (κ3) is 3.49. The van der Waals surface area contributed by atoms with Gasteiger partial charge in [0, 0.05) is 34.8 Å². The van der Waals surface area contributed by atoms with Crippen molar-refractivity contribution in [1.82, 2.24) is 10.3 Å². The summed E-state index contributed by atoms with van der Waals surface area (Å²) in [7, 11) is 0. The van der Waals surface area contributed by atoms with E-state index in [0.29, 0.717) is 13.0 Å². The number of halogens is 1. The molecule has 0 radical (unpaired) electrons. The number of hydrogen-bond donors (Lipinski definition) is 2. The van der Waals surface area contributed by atoms with E-state index in [1.54, 1.807) is 0 Å². The third-order valence-electron chi connectivity index (χ3n) is 4.09. The van der Waals surface area contributed by atoms with Gasteiger partial charge in [0.05, 0.1) is 4.92 Å². The molecule has 1 heterocycles. The van der Waals surface area contributed by atoms with Crippen molar-refractivity contribution in [3.8, 4) is 0 Å². The smallest absolute Gasteiger partial charge is 0.288 e. The molecule has 128 valence electrons. The van der Waals surface area contributed by atoms with Gasteiger partial charge < -0.3 is 10.3 Å². The van der Waals surface area contributed by atoms with Gasteiger partial charge in [-0.2, -0.15) is 0 Å². The Kier molecular flexibility index (Phi) is 4.72. The van der Waals surface area contributed by atoms with E-state index < -0.39 is 4.92 Å². The van der Waals surface area contributed by atoms with Gasteiger partial charge in [0.1, 0.15) is 5.02 Å². The molecular formula is C18H16ClN3O3. The van der Waals surface area contributed by atoms with Crippen LogP contribution in [0.5, 0.6) is 0 Å². The quantitative estimate of drug-likeness (QED) is 0.534. The van der Waals surface area contributed by atoms with Gasteiger partial charge in [-0.1, -0.05) is 29.8 Å². The Balaban J connectivity index is 1.69. The molecule has 0 aliphatic heterocycles. The van der Waals surface area contributed by atoms with Gasteiger partial charge in [-0.15, -0.1) is 0 Å². The minimum Gasteiger partial charge on any atom is -0.358 e. The van der Waals surface area contributed by atoms with E-state index in [9.17, 15) is 14.9 Å². The van der Waals surface area contributed by atoms with E-state index in [-0.39, 0.29) is 22.2 Å². The molecule has 3 rings (SSSR count). The Hall–Kier alpha value is -2.86. The van der Waals surface area contributed by atoms with Crippen molar-refractivity contribution in [3.05, 3.63) is 74.4 Å². The summed E-state index contributed by atoms with van der Waals surface area (Å²) in [6.07, 6.45) is 0.664. The molecular weight excluding hydrogens is 342 g/mol. The second kappa shape index (κ2) is 6.94. The molecule has 1 amide bonds. The van der Waals surface area contributed by atoms with E-state index >= 15 is 0 Å². The van der Waals surface area contributed by atoms with Gasteiger partial charge in [0.25, 0.3) is 11.6 Å². The lowest BCUT2D eigenvalue weighted by Gasteiger charge is -2.06. The van der Waals surface area contributed by atoms with Crippen molar-refractivity contribution in [1.29, 1.82) is 0 Å². The largest absolute Gasteiger partial charge is 0.358 e. The number of nitrogens with one attached hydrogen (secondary N) is 2. The monoisotopic (exact) mass is 357 g/mol. The van der Waals surface area contributed by atoms with Crippen LogP contribution in [-0.2, 0) is 6.42 Å². The van der Waals surface area contributed by atoms with Crippen molar-refractivity contribution in [2.75, 3.05) is 6.54 Å². The molecule has 0 saturated carbocycles. The second-order valence-electron chi connectivity index (χ2n) is 5.70. The fraction of sp³-hybridized carbons (Fsp3) is 0.167. The molecule has 0 bridgehead atoms. The van der Waals surface area contributed by atoms with Crippen LogP contribution >= 0.6 is 11.6 Å². The predicted octanol–water partition coefficient (Wildman–Crippen LogP) is 4.01. The number of hydrogen-bond acceptors (Lipinski definition) is 3. The minimum absolute atomic E-state index is 0.0102. The van der Waals surface area contributed by atoms with Crippen LogP contribution in [0, 0.1) is 17.0 Å². The first-order chi connectivity index (χ1) is 12.0. The summed E-state index contributed by atoms with van der Waals surface area (Å²) in [6.45, 7) is 2.43. The highest BCUT2D eigenvalue weighted by Crippen LogP contribution is 2.25. The molecule has 25 heavy (non-hydrogen) atoms. The van der Waals surface area contributed by atoms with Crippen LogP contribution < -0.4 is 5.32 Å². The number of benzene rings is 2. The maximum atomic E-state index is 12.2. The fourth-order valence-corrected chi connectivity index (χ4v) is 3.04. The van der Waals surface area contributed by atoms with E-state index in [1.165, 1.54) is 18.2 Å². The summed E-state index contributed by atoms with van der Waals surface area (Å²) in [5.74, 6) is -0.364. The van der Waals surface area contributed by atoms with Crippen LogP contribution in [0.4, 0.5) is 5.69 Å². The molecule has 6 nitrogen and oxygen atoms in total. The fourth-order valence-electron chi connectivity index (χ4n) is 2.85. The van der Waals surface area contributed by atoms with Gasteiger partial charge in [-0.3, -0.25) is 14.9 Å². The SMILES string of the molecule is Cc1[nH]c2ccccc2c1CCNC(=O)c1ccc(Cl)c([N+](=O)[O-])c1. The van der Waals surface area contributed by atoms with Crippen LogP contribution in [0.15, 0.2) is 42.5 Å². The molecule has 0 fully saturated rings. The van der Waals surface area contributed by atoms with E-state index in [2.05, 4.69) is 10.3 Å². The van der Waals surface area contributed by atoms with Gasteiger partial charge in [-0.25, -0.2) is 0 Å². The van der Waals surface area contributed by atoms with Crippen molar-refractivity contribution >= 4 is 34.1 Å². The molecule has 3 aromatic rings. The number of nitro benzene ring substituents is 1. The summed E-state index contributed by atoms with van der Waals surface area (Å²) >= 11 is 5.76. The normalized spacial score (nSPS) is 10.8. The Morgan fingerprint density at radius 1 is 1.28 bits per heavy atom. The van der Waals surface area contributed by atoms with E-state index in [1.807, 2.05) is 31.2 Å². The molecule has 0 saturated heterocycles. The molecule has 1 aromatic heterocycles. The van der Waals surface area contributed by atoms with Gasteiger partial charge >= 0.3 is 0 Å². The van der Waals surface area contributed by atoms with Crippen LogP contribution in [0.25, 0.3) is 10.9 Å². The number of nitrogens with zero attached hydrogens (tertiary/aromatic N) is 1. The molecule has 0 aliphatic carbocycles. The number of carbonyl (C=O) groups excluding carboxylic acids is 1. The maximum absolute atomic E-state index is 12.2. The lowest BCUT2D eigenvalue weighted by Crippen LogP contribution is -2.25. The highest BCUT2D eigenvalue weighted by atomic mass is 35.5. The number of fused-ring (bicyclic) bond motifs is 1. The zero-order chi connectivity index (χ0) is 18.0. The standard InChI is InChI=1S/C18H16ClN3O3/c1-11-13(14-4-2-3-5-16(14)21-11)8-9-20-18(23)12-6-7-15(19)17(10-12)22(24)25/h2-7,10,21H,8-9H2,1H3,(H,20,23). The van der Waals surface area contributed by atoms with E-state index in [4.69, 9.17) is 11.6 Å². The van der Waals surface area contributed by atoms with Gasteiger partial charge in [-0.05, 0) is 37.1 Å². The van der Waals surface area contributed by atoms with Gasteiger partial charge in [0.15, 0.2) is 0 Å². The molecule has 0 atom stereocenters. The summed E-state index contributed by atoms with van der Waals surface area (Å²) in [4.78, 5) is 25.9. The minimum atomic E-state index is -0.603. The summed E-state index contributed by atoms with van der Waals surface area (Å²) in [6, 6.07) is 12.0. The van der Waals surface area contributed by atoms with Crippen molar-refractivity contribution < 1.29 is 9.72 Å². The van der Waals surface area contributed by atoms with Crippen LogP contribution in [0.3, 0.4) is 0 Å². The summed E-state index contributed by atoms with van der Waals surface area (Å²) < 4.78 is 0. The number of aryl methyl sites for hydroxylation is 1. The van der Waals surface area contributed by atoms with Crippen molar-refractivity contribution in [2.24, 2.45) is 0 Å². The predicted molar refractivity (Wildman–Crippen MR) is 97.2 cm³/mol. The van der Waals surface area contributed by atoms with E-state index in [0.717, 1.165) is 22.2 Å². The number of aromatic nitrogens is 1. The van der Waals surface area contributed by atoms with Crippen molar-refractivity contribution in [3.63, 3.8) is 0 Å². The highest BCUT2D eigenvalue weighted by molar-refractivity contribution is 6.32. The molecule has 0 aliphatic rings. The third-order valence-corrected chi connectivity index (χ3v) is 4.41. The maximum Gasteiger partial charge on any atom is 0.288 e. The number of rotatable bonds is 5. The average molecular weight is 358 g/mol. The number of H-pyrrole nitrogens is 1. The lowest BCUT2D eigenvalue weighted by atomic mass is 10.1. The topological polar surface area (TPSA) is 88.0 Å². The zero-order valence-corrected chi connectivity index (χ0v) is 14.3. The molecule has 2 N–H and O–H groups in total. The van der Waals surface area contributed by atoms with Crippen LogP contribution in [-0.4, -0.2) is 22.4 Å². The second-order valence-corrected chi connectivity index (χ2v) is 6.11. The number of para-hydroxylation sites is 1. The molecule has 7 heteroatoms. The zero-order valence-electron chi connectivity index (χ0n) is 13.5. The Bertz CT molecular complexity index is 965. The Morgan fingerprint density at radius 3 is 2.80 bits per heavy atom. The number of amides is 1. The first kappa shape index (κ1) is 17.0. The number of carbonyl (C=O) groups is 1. The first-order valence-electron chi connectivity index (χ1n) is 7.75. The molecule has 0 spiro atoms. The lowest BCUT2D eigenvalue weighted by molar-refractivity contribution is -0.384. The average Bonchev–Trinajstić information content (AvgIpc) is 2.90. The summed E-state index contributed by atoms with van der Waals surface area (Å²) in [5, 5.41) is 14.9. The van der Waals surface area contributed by atoms with Crippen LogP contribution in [0.2, 0.25) is 5.02 Å². The number of aromatic amines is 1. The van der Waals surface area contributed by atoms with Crippen molar-refractivity contribution in [2.45, 2.75) is 13.3 Å². The number of nitro groups is 1. The Morgan fingerprint density at radius 2 is 2.04 bits per heavy atom. The van der Waals surface area contributed by atoms with Gasteiger partial charge in [0.2, 0.25) is 0 Å². The molecule has 0 unspecified atom stereocenters. The highest BCUT2D eigenvalue weighted by Gasteiger charge is 2.16.